The van der Waals surface area contributed by atoms with Crippen molar-refractivity contribution in [3.63, 3.8) is 0 Å². The van der Waals surface area contributed by atoms with Crippen molar-refractivity contribution in [3.8, 4) is 22.5 Å². The molecule has 0 bridgehead atoms. The highest BCUT2D eigenvalue weighted by Crippen LogP contribution is 2.55. The van der Waals surface area contributed by atoms with E-state index < -0.39 is 0 Å². The highest BCUT2D eigenvalue weighted by atomic mass is 16.3. The van der Waals surface area contributed by atoms with Gasteiger partial charge in [0.25, 0.3) is 0 Å². The lowest BCUT2D eigenvalue weighted by Crippen LogP contribution is -2.24. The summed E-state index contributed by atoms with van der Waals surface area (Å²) in [5.74, 6) is 0.627. The van der Waals surface area contributed by atoms with Crippen LogP contribution < -0.4 is 0 Å². The summed E-state index contributed by atoms with van der Waals surface area (Å²) in [7, 11) is 0. The molecule has 2 saturated carbocycles. The van der Waals surface area contributed by atoms with Gasteiger partial charge in [-0.3, -0.25) is 0 Å². The lowest BCUT2D eigenvalue weighted by Gasteiger charge is -2.25. The Bertz CT molecular complexity index is 1470. The SMILES string of the molecule is O[C@H]1CC(c2cccc3c2-c2cncn2[C@@H]3[C@H]2CCC[C@@H]2O)C[C@H]1[C@H]1c2ccccc2-c2cncn21. The van der Waals surface area contributed by atoms with E-state index in [1.165, 1.54) is 27.8 Å². The maximum absolute atomic E-state index is 11.4. The van der Waals surface area contributed by atoms with E-state index in [2.05, 4.69) is 61.6 Å². The first-order valence-electron chi connectivity index (χ1n) is 13.3. The van der Waals surface area contributed by atoms with Gasteiger partial charge in [-0.1, -0.05) is 48.9 Å². The highest BCUT2D eigenvalue weighted by molar-refractivity contribution is 5.74. The number of benzene rings is 2. The molecule has 2 fully saturated rings. The maximum atomic E-state index is 11.4. The molecular weight excluding hydrogens is 448 g/mol. The van der Waals surface area contributed by atoms with E-state index in [0.717, 1.165) is 43.5 Å². The Kier molecular flexibility index (Phi) is 4.44. The number of hydrogen-bond acceptors (Lipinski definition) is 4. The van der Waals surface area contributed by atoms with Gasteiger partial charge >= 0.3 is 0 Å². The fourth-order valence-electron chi connectivity index (χ4n) is 8.07. The number of nitrogens with zero attached hydrogens (tertiary/aromatic N) is 4. The Hall–Kier alpha value is -3.22. The van der Waals surface area contributed by atoms with Crippen LogP contribution in [0.15, 0.2) is 67.5 Å². The van der Waals surface area contributed by atoms with Crippen molar-refractivity contribution in [1.29, 1.82) is 0 Å². The van der Waals surface area contributed by atoms with Crippen LogP contribution in [0.3, 0.4) is 0 Å². The first-order valence-corrected chi connectivity index (χ1v) is 13.3. The van der Waals surface area contributed by atoms with Gasteiger partial charge in [-0.2, -0.15) is 0 Å². The van der Waals surface area contributed by atoms with Gasteiger partial charge in [0.1, 0.15) is 0 Å². The van der Waals surface area contributed by atoms with Gasteiger partial charge in [-0.15, -0.1) is 0 Å². The van der Waals surface area contributed by atoms with Crippen molar-refractivity contribution < 1.29 is 10.2 Å². The molecular formula is C30H30N4O2. The molecule has 0 radical (unpaired) electrons. The summed E-state index contributed by atoms with van der Waals surface area (Å²) in [6.07, 6.45) is 11.9. The third-order valence-electron chi connectivity index (χ3n) is 9.55. The number of hydrogen-bond donors (Lipinski definition) is 2. The summed E-state index contributed by atoms with van der Waals surface area (Å²) >= 11 is 0. The topological polar surface area (TPSA) is 76.1 Å². The lowest BCUT2D eigenvalue weighted by molar-refractivity contribution is 0.112. The largest absolute Gasteiger partial charge is 0.393 e. The van der Waals surface area contributed by atoms with E-state index >= 15 is 0 Å². The van der Waals surface area contributed by atoms with Gasteiger partial charge < -0.3 is 19.3 Å². The number of fused-ring (bicyclic) bond motifs is 6. The van der Waals surface area contributed by atoms with Crippen LogP contribution in [-0.2, 0) is 0 Å². The van der Waals surface area contributed by atoms with Gasteiger partial charge in [0, 0.05) is 23.0 Å². The van der Waals surface area contributed by atoms with Crippen LogP contribution >= 0.6 is 0 Å². The number of aromatic nitrogens is 4. The first-order chi connectivity index (χ1) is 17.7. The van der Waals surface area contributed by atoms with E-state index in [-0.39, 0.29) is 42.0 Å². The molecule has 7 atom stereocenters. The predicted molar refractivity (Wildman–Crippen MR) is 136 cm³/mol. The third kappa shape index (κ3) is 2.74. The van der Waals surface area contributed by atoms with Crippen LogP contribution in [-0.4, -0.2) is 41.5 Å². The summed E-state index contributed by atoms with van der Waals surface area (Å²) in [4.78, 5) is 8.95. The molecule has 0 amide bonds. The van der Waals surface area contributed by atoms with Gasteiger partial charge in [0.15, 0.2) is 0 Å². The Labute approximate surface area is 210 Å². The Morgan fingerprint density at radius 2 is 1.42 bits per heavy atom. The molecule has 182 valence electrons. The minimum absolute atomic E-state index is 0.113. The monoisotopic (exact) mass is 478 g/mol. The molecule has 36 heavy (non-hydrogen) atoms. The van der Waals surface area contributed by atoms with E-state index in [4.69, 9.17) is 0 Å². The summed E-state index contributed by atoms with van der Waals surface area (Å²) < 4.78 is 4.56. The fraction of sp³-hybridized carbons (Fsp3) is 0.400. The van der Waals surface area contributed by atoms with E-state index in [1.807, 2.05) is 25.0 Å². The van der Waals surface area contributed by atoms with Gasteiger partial charge in [-0.05, 0) is 48.3 Å². The molecule has 4 aliphatic rings. The van der Waals surface area contributed by atoms with Gasteiger partial charge in [0.05, 0.1) is 60.7 Å². The van der Waals surface area contributed by atoms with Crippen molar-refractivity contribution in [2.45, 2.75) is 62.3 Å². The van der Waals surface area contributed by atoms with Crippen molar-refractivity contribution in [3.05, 3.63) is 84.2 Å². The standard InChI is InChI=1S/C30H30N4O2/c35-26-10-4-8-21(26)30-22-9-3-7-18(28(22)25-14-32-16-34(25)30)17-11-23(27(36)12-17)29-20-6-2-1-5-19(20)24-13-31-15-33(24)29/h1-3,5-7,9,13-17,21,23,26-27,29-30,35-36H,4,8,10-12H2/t17?,21-,23+,26-,27-,29+,30+/m0/s1. The first kappa shape index (κ1) is 20.9. The van der Waals surface area contributed by atoms with Crippen molar-refractivity contribution in [2.75, 3.05) is 0 Å². The smallest absolute Gasteiger partial charge is 0.0956 e. The molecule has 2 aliphatic carbocycles. The number of aliphatic hydroxyl groups is 2. The summed E-state index contributed by atoms with van der Waals surface area (Å²) in [5, 5.41) is 22.2. The molecule has 6 heteroatoms. The fourth-order valence-corrected chi connectivity index (χ4v) is 8.07. The average molecular weight is 479 g/mol. The maximum Gasteiger partial charge on any atom is 0.0956 e. The van der Waals surface area contributed by atoms with Crippen molar-refractivity contribution in [1.82, 2.24) is 19.1 Å². The number of aliphatic hydroxyl groups excluding tert-OH is 2. The van der Waals surface area contributed by atoms with Crippen LogP contribution in [0.2, 0.25) is 0 Å². The van der Waals surface area contributed by atoms with Gasteiger partial charge in [-0.25, -0.2) is 9.97 Å². The Morgan fingerprint density at radius 3 is 2.25 bits per heavy atom. The van der Waals surface area contributed by atoms with E-state index in [0.29, 0.717) is 0 Å². The second-order valence-corrected chi connectivity index (χ2v) is 11.2. The van der Waals surface area contributed by atoms with E-state index in [9.17, 15) is 10.2 Å². The summed E-state index contributed by atoms with van der Waals surface area (Å²) in [5.41, 5.74) is 8.76. The average Bonchev–Trinajstić information content (AvgIpc) is 3.71. The Balaban J connectivity index is 1.19. The van der Waals surface area contributed by atoms with Crippen LogP contribution in [0, 0.1) is 11.8 Å². The van der Waals surface area contributed by atoms with Crippen molar-refractivity contribution >= 4 is 0 Å². The molecule has 2 N–H and O–H groups in total. The summed E-state index contributed by atoms with van der Waals surface area (Å²) in [6, 6.07) is 15.5. The van der Waals surface area contributed by atoms with Crippen LogP contribution in [0.25, 0.3) is 22.5 Å². The Morgan fingerprint density at radius 1 is 0.694 bits per heavy atom. The predicted octanol–water partition coefficient (Wildman–Crippen LogP) is 4.93. The zero-order chi connectivity index (χ0) is 24.0. The zero-order valence-electron chi connectivity index (χ0n) is 20.1. The molecule has 4 heterocycles. The normalized spacial score (nSPS) is 31.9. The number of rotatable bonds is 3. The minimum Gasteiger partial charge on any atom is -0.393 e. The summed E-state index contributed by atoms with van der Waals surface area (Å²) in [6.45, 7) is 0. The molecule has 2 aromatic heterocycles. The van der Waals surface area contributed by atoms with Gasteiger partial charge in [0.2, 0.25) is 0 Å². The lowest BCUT2D eigenvalue weighted by atomic mass is 9.84. The second-order valence-electron chi connectivity index (χ2n) is 11.2. The molecule has 0 spiro atoms. The molecule has 0 saturated heterocycles. The second kappa shape index (κ2) is 7.64. The number of imidazole rings is 2. The molecule has 8 rings (SSSR count). The van der Waals surface area contributed by atoms with Crippen LogP contribution in [0.5, 0.6) is 0 Å². The van der Waals surface area contributed by atoms with Crippen LogP contribution in [0.4, 0.5) is 0 Å². The zero-order valence-corrected chi connectivity index (χ0v) is 20.1. The van der Waals surface area contributed by atoms with E-state index in [1.54, 1.807) is 0 Å². The third-order valence-corrected chi connectivity index (χ3v) is 9.55. The molecule has 1 unspecified atom stereocenters. The molecule has 2 aliphatic heterocycles. The quantitative estimate of drug-likeness (QED) is 0.438. The molecule has 4 aromatic rings. The minimum atomic E-state index is -0.379. The molecule has 6 nitrogen and oxygen atoms in total. The molecule has 2 aromatic carbocycles. The highest BCUT2D eigenvalue weighted by Gasteiger charge is 2.46. The van der Waals surface area contributed by atoms with Crippen LogP contribution in [0.1, 0.15) is 66.8 Å². The van der Waals surface area contributed by atoms with Crippen molar-refractivity contribution in [2.24, 2.45) is 11.8 Å².